The third kappa shape index (κ3) is 9.36. The van der Waals surface area contributed by atoms with Crippen molar-refractivity contribution < 1.29 is 29.9 Å². The van der Waals surface area contributed by atoms with Gasteiger partial charge in [0.1, 0.15) is 30.2 Å². The fourth-order valence-corrected chi connectivity index (χ4v) is 4.24. The number of ether oxygens (including phenoxy) is 2. The molecule has 1 aromatic carbocycles. The number of hydrogen-bond donors (Lipinski definition) is 4. The highest BCUT2D eigenvalue weighted by atomic mass is 16.7. The molecule has 0 aliphatic carbocycles. The van der Waals surface area contributed by atoms with Gasteiger partial charge in [-0.05, 0) is 30.5 Å². The number of aliphatic hydroxyl groups is 4. The highest BCUT2D eigenvalue weighted by Gasteiger charge is 2.44. The van der Waals surface area contributed by atoms with Crippen molar-refractivity contribution in [1.82, 2.24) is 0 Å². The Balaban J connectivity index is 1.62. The largest absolute Gasteiger partial charge is 0.462 e. The number of aryl methyl sites for hydroxylation is 1. The van der Waals surface area contributed by atoms with Crippen LogP contribution < -0.4 is 4.74 Å². The minimum Gasteiger partial charge on any atom is -0.462 e. The first kappa shape index (κ1) is 27.1. The van der Waals surface area contributed by atoms with Gasteiger partial charge >= 0.3 is 0 Å². The second-order valence-electron chi connectivity index (χ2n) is 9.10. The van der Waals surface area contributed by atoms with E-state index in [0.29, 0.717) is 5.75 Å². The first-order valence-electron chi connectivity index (χ1n) is 12.6. The lowest BCUT2D eigenvalue weighted by molar-refractivity contribution is -0.277. The Morgan fingerprint density at radius 3 is 1.97 bits per heavy atom. The summed E-state index contributed by atoms with van der Waals surface area (Å²) in [7, 11) is 0. The zero-order valence-electron chi connectivity index (χ0n) is 19.7. The summed E-state index contributed by atoms with van der Waals surface area (Å²) < 4.78 is 11.1. The summed E-state index contributed by atoms with van der Waals surface area (Å²) in [4.78, 5) is 0. The molecule has 1 aliphatic rings. The molecule has 0 amide bonds. The molecule has 0 saturated carbocycles. The average Bonchev–Trinajstić information content (AvgIpc) is 2.80. The standard InChI is InChI=1S/C26H44O6/c1-2-3-4-5-6-7-8-9-10-11-12-13-15-20-16-14-17-21(18-20)31-26-25(30)24(29)23(28)22(19-27)32-26/h14,16-18,22-30H,2-13,15,19H2,1H3/t22-,23-,24+,25-,26-/m1/s1. The predicted molar refractivity (Wildman–Crippen MR) is 126 cm³/mol. The molecule has 0 aromatic heterocycles. The molecule has 1 heterocycles. The topological polar surface area (TPSA) is 99.4 Å². The molecule has 0 radical (unpaired) electrons. The molecule has 1 saturated heterocycles. The molecule has 6 nitrogen and oxygen atoms in total. The van der Waals surface area contributed by atoms with Gasteiger partial charge in [-0.25, -0.2) is 0 Å². The van der Waals surface area contributed by atoms with Crippen LogP contribution in [0, 0.1) is 0 Å². The maximum atomic E-state index is 10.1. The molecule has 32 heavy (non-hydrogen) atoms. The molecule has 6 heteroatoms. The summed E-state index contributed by atoms with van der Waals surface area (Å²) in [5.74, 6) is 0.533. The Morgan fingerprint density at radius 1 is 0.781 bits per heavy atom. The molecule has 1 fully saturated rings. The summed E-state index contributed by atoms with van der Waals surface area (Å²) in [6.45, 7) is 1.79. The molecular formula is C26H44O6. The fraction of sp³-hybridized carbons (Fsp3) is 0.769. The Labute approximate surface area is 193 Å². The molecule has 0 spiro atoms. The first-order chi connectivity index (χ1) is 15.6. The van der Waals surface area contributed by atoms with Gasteiger partial charge in [0, 0.05) is 0 Å². The number of rotatable bonds is 16. The molecule has 1 aromatic rings. The monoisotopic (exact) mass is 452 g/mol. The number of hydrogen-bond acceptors (Lipinski definition) is 6. The van der Waals surface area contributed by atoms with Crippen molar-refractivity contribution in [3.8, 4) is 5.75 Å². The number of aliphatic hydroxyl groups excluding tert-OH is 4. The van der Waals surface area contributed by atoms with Crippen LogP contribution in [0.1, 0.15) is 89.5 Å². The lowest BCUT2D eigenvalue weighted by Gasteiger charge is -2.39. The maximum absolute atomic E-state index is 10.1. The van der Waals surface area contributed by atoms with Crippen molar-refractivity contribution in [3.63, 3.8) is 0 Å². The maximum Gasteiger partial charge on any atom is 0.229 e. The van der Waals surface area contributed by atoms with Crippen LogP contribution in [0.5, 0.6) is 5.75 Å². The van der Waals surface area contributed by atoms with Crippen LogP contribution in [-0.4, -0.2) is 57.7 Å². The predicted octanol–water partition coefficient (Wildman–Crippen LogP) is 4.11. The third-order valence-electron chi connectivity index (χ3n) is 6.32. The summed E-state index contributed by atoms with van der Waals surface area (Å²) in [6.07, 6.45) is 10.5. The van der Waals surface area contributed by atoms with Crippen LogP contribution in [0.3, 0.4) is 0 Å². The van der Waals surface area contributed by atoms with Gasteiger partial charge in [0.05, 0.1) is 6.61 Å². The van der Waals surface area contributed by atoms with Gasteiger partial charge in [-0.3, -0.25) is 0 Å². The Hall–Kier alpha value is -1.18. The molecule has 184 valence electrons. The van der Waals surface area contributed by atoms with E-state index in [-0.39, 0.29) is 0 Å². The van der Waals surface area contributed by atoms with E-state index in [0.717, 1.165) is 18.4 Å². The van der Waals surface area contributed by atoms with Gasteiger partial charge in [-0.2, -0.15) is 0 Å². The zero-order valence-corrected chi connectivity index (χ0v) is 19.7. The van der Waals surface area contributed by atoms with Crippen LogP contribution in [0.4, 0.5) is 0 Å². The van der Waals surface area contributed by atoms with Gasteiger partial charge in [-0.15, -0.1) is 0 Å². The van der Waals surface area contributed by atoms with Crippen LogP contribution in [-0.2, 0) is 11.2 Å². The van der Waals surface area contributed by atoms with Crippen molar-refractivity contribution in [1.29, 1.82) is 0 Å². The van der Waals surface area contributed by atoms with Crippen molar-refractivity contribution >= 4 is 0 Å². The highest BCUT2D eigenvalue weighted by Crippen LogP contribution is 2.25. The minimum absolute atomic E-state index is 0.468. The third-order valence-corrected chi connectivity index (χ3v) is 6.32. The molecule has 5 atom stereocenters. The van der Waals surface area contributed by atoms with Gasteiger partial charge in [0.15, 0.2) is 0 Å². The molecule has 0 unspecified atom stereocenters. The van der Waals surface area contributed by atoms with E-state index in [1.165, 1.54) is 70.6 Å². The Bertz CT molecular complexity index is 608. The average molecular weight is 453 g/mol. The quantitative estimate of drug-likeness (QED) is 0.282. The first-order valence-corrected chi connectivity index (χ1v) is 12.6. The summed E-state index contributed by atoms with van der Waals surface area (Å²) in [5, 5.41) is 39.2. The normalized spacial score (nSPS) is 25.7. The smallest absolute Gasteiger partial charge is 0.229 e. The SMILES string of the molecule is CCCCCCCCCCCCCCc1cccc(O[C@@H]2O[C@H](CO)[C@@H](O)[C@H](O)[C@H]2O)c1. The van der Waals surface area contributed by atoms with E-state index in [1.54, 1.807) is 6.07 Å². The van der Waals surface area contributed by atoms with Gasteiger partial charge in [0.2, 0.25) is 6.29 Å². The van der Waals surface area contributed by atoms with Crippen LogP contribution >= 0.6 is 0 Å². The zero-order chi connectivity index (χ0) is 23.2. The lowest BCUT2D eigenvalue weighted by Crippen LogP contribution is -2.60. The van der Waals surface area contributed by atoms with Crippen LogP contribution in [0.15, 0.2) is 24.3 Å². The fourth-order valence-electron chi connectivity index (χ4n) is 4.24. The molecule has 2 rings (SSSR count). The molecular weight excluding hydrogens is 408 g/mol. The van der Waals surface area contributed by atoms with E-state index < -0.39 is 37.3 Å². The summed E-state index contributed by atoms with van der Waals surface area (Å²) in [5.41, 5.74) is 1.15. The van der Waals surface area contributed by atoms with Gasteiger partial charge in [-0.1, -0.05) is 89.7 Å². The van der Waals surface area contributed by atoms with Gasteiger partial charge < -0.3 is 29.9 Å². The molecule has 4 N–H and O–H groups in total. The van der Waals surface area contributed by atoms with Crippen molar-refractivity contribution in [3.05, 3.63) is 29.8 Å². The van der Waals surface area contributed by atoms with Crippen molar-refractivity contribution in [2.24, 2.45) is 0 Å². The molecule has 1 aliphatic heterocycles. The highest BCUT2D eigenvalue weighted by molar-refractivity contribution is 5.28. The Morgan fingerprint density at radius 2 is 1.38 bits per heavy atom. The van der Waals surface area contributed by atoms with E-state index >= 15 is 0 Å². The van der Waals surface area contributed by atoms with Crippen molar-refractivity contribution in [2.45, 2.75) is 121 Å². The van der Waals surface area contributed by atoms with E-state index in [9.17, 15) is 20.4 Å². The summed E-state index contributed by atoms with van der Waals surface area (Å²) >= 11 is 0. The van der Waals surface area contributed by atoms with Gasteiger partial charge in [0.25, 0.3) is 0 Å². The second kappa shape index (κ2) is 15.6. The minimum atomic E-state index is -1.44. The van der Waals surface area contributed by atoms with Crippen LogP contribution in [0.25, 0.3) is 0 Å². The van der Waals surface area contributed by atoms with E-state index in [4.69, 9.17) is 9.47 Å². The van der Waals surface area contributed by atoms with E-state index in [1.807, 2.05) is 12.1 Å². The number of unbranched alkanes of at least 4 members (excludes halogenated alkanes) is 11. The second-order valence-corrected chi connectivity index (χ2v) is 9.10. The van der Waals surface area contributed by atoms with E-state index in [2.05, 4.69) is 13.0 Å². The Kier molecular flexibility index (Phi) is 13.2. The lowest BCUT2D eigenvalue weighted by atomic mass is 9.99. The summed E-state index contributed by atoms with van der Waals surface area (Å²) in [6, 6.07) is 7.64. The van der Waals surface area contributed by atoms with Crippen molar-refractivity contribution in [2.75, 3.05) is 6.61 Å². The number of benzene rings is 1. The molecule has 0 bridgehead atoms. The van der Waals surface area contributed by atoms with Crippen LogP contribution in [0.2, 0.25) is 0 Å².